The van der Waals surface area contributed by atoms with Crippen LogP contribution in [0.3, 0.4) is 0 Å². The highest BCUT2D eigenvalue weighted by Gasteiger charge is 2.36. The first-order valence-corrected chi connectivity index (χ1v) is 2.83. The lowest BCUT2D eigenvalue weighted by molar-refractivity contribution is -0.138. The number of rotatable bonds is 0. The molecule has 0 saturated carbocycles. The van der Waals surface area contributed by atoms with Gasteiger partial charge in [-0.15, -0.1) is 0 Å². The minimum absolute atomic E-state index is 0.675. The van der Waals surface area contributed by atoms with Gasteiger partial charge < -0.3 is 5.73 Å². The maximum atomic E-state index is 12.0. The van der Waals surface area contributed by atoms with Gasteiger partial charge in [0.2, 0.25) is 0 Å². The van der Waals surface area contributed by atoms with Crippen molar-refractivity contribution in [3.8, 4) is 0 Å². The van der Waals surface area contributed by atoms with Crippen molar-refractivity contribution in [3.63, 3.8) is 0 Å². The minimum Gasteiger partial charge on any atom is -0.397 e. The maximum absolute atomic E-state index is 12.0. The second-order valence-corrected chi connectivity index (χ2v) is 2.03. The second-order valence-electron chi connectivity index (χ2n) is 2.03. The van der Waals surface area contributed by atoms with Gasteiger partial charge in [0.1, 0.15) is 5.56 Å². The van der Waals surface area contributed by atoms with Crippen LogP contribution >= 0.6 is 0 Å². The number of H-pyrrole nitrogens is 1. The molecular weight excluding hydrogens is 175 g/mol. The molecule has 0 aliphatic carbocycles. The van der Waals surface area contributed by atoms with Gasteiger partial charge in [-0.2, -0.15) is 18.3 Å². The molecule has 0 saturated heterocycles. The van der Waals surface area contributed by atoms with Crippen molar-refractivity contribution in [3.05, 3.63) is 22.1 Å². The number of hydrogen-bond donors (Lipinski definition) is 2. The predicted molar refractivity (Wildman–Crippen MR) is 34.3 cm³/mol. The summed E-state index contributed by atoms with van der Waals surface area (Å²) >= 11 is 0. The molecule has 12 heavy (non-hydrogen) atoms. The average Bonchev–Trinajstić information content (AvgIpc) is 1.82. The van der Waals surface area contributed by atoms with E-state index in [-0.39, 0.29) is 0 Å². The Bertz CT molecular complexity index is 343. The van der Waals surface area contributed by atoms with E-state index in [0.29, 0.717) is 0 Å². The van der Waals surface area contributed by atoms with Crippen LogP contribution in [0.15, 0.2) is 11.0 Å². The van der Waals surface area contributed by atoms with E-state index in [1.807, 2.05) is 0 Å². The van der Waals surface area contributed by atoms with Crippen molar-refractivity contribution in [2.45, 2.75) is 6.18 Å². The van der Waals surface area contributed by atoms with E-state index in [0.717, 1.165) is 6.20 Å². The van der Waals surface area contributed by atoms with E-state index in [1.54, 1.807) is 5.10 Å². The summed E-state index contributed by atoms with van der Waals surface area (Å²) in [6.45, 7) is 0. The smallest absolute Gasteiger partial charge is 0.397 e. The maximum Gasteiger partial charge on any atom is 0.423 e. The number of aromatic nitrogens is 2. The molecular formula is C5H4F3N3O. The molecule has 4 nitrogen and oxygen atoms in total. The number of anilines is 1. The Balaban J connectivity index is 3.42. The third-order valence-electron chi connectivity index (χ3n) is 1.17. The Kier molecular flexibility index (Phi) is 1.79. The Hall–Kier alpha value is -1.53. The molecule has 1 aromatic rings. The highest BCUT2D eigenvalue weighted by molar-refractivity contribution is 5.44. The zero-order valence-electron chi connectivity index (χ0n) is 5.64. The van der Waals surface area contributed by atoms with Gasteiger partial charge in [0.05, 0.1) is 11.9 Å². The average molecular weight is 179 g/mol. The standard InChI is InChI=1S/C5H4F3N3O/c6-5(7,8)3-2(9)1-10-11-4(3)12/h1H,(H3,9,11,12). The summed E-state index contributed by atoms with van der Waals surface area (Å²) in [4.78, 5) is 10.6. The molecule has 0 aliphatic heterocycles. The van der Waals surface area contributed by atoms with Gasteiger partial charge in [0.25, 0.3) is 5.56 Å². The molecule has 0 fully saturated rings. The molecule has 1 rings (SSSR count). The van der Waals surface area contributed by atoms with E-state index in [9.17, 15) is 18.0 Å². The van der Waals surface area contributed by atoms with Crippen LogP contribution in [0.2, 0.25) is 0 Å². The van der Waals surface area contributed by atoms with E-state index in [1.165, 1.54) is 0 Å². The van der Waals surface area contributed by atoms with E-state index >= 15 is 0 Å². The predicted octanol–water partition coefficient (Wildman–Crippen LogP) is 0.371. The zero-order chi connectivity index (χ0) is 9.35. The first kappa shape index (κ1) is 8.57. The lowest BCUT2D eigenvalue weighted by atomic mass is 10.2. The van der Waals surface area contributed by atoms with Crippen molar-refractivity contribution < 1.29 is 13.2 Å². The summed E-state index contributed by atoms with van der Waals surface area (Å²) in [6, 6.07) is 0. The van der Waals surface area contributed by atoms with Crippen LogP contribution in [0.5, 0.6) is 0 Å². The fourth-order valence-electron chi connectivity index (χ4n) is 0.704. The van der Waals surface area contributed by atoms with Crippen LogP contribution in [-0.4, -0.2) is 10.2 Å². The second kappa shape index (κ2) is 2.50. The van der Waals surface area contributed by atoms with Gasteiger partial charge >= 0.3 is 6.18 Å². The Morgan fingerprint density at radius 3 is 2.42 bits per heavy atom. The van der Waals surface area contributed by atoms with Crippen LogP contribution < -0.4 is 11.3 Å². The van der Waals surface area contributed by atoms with Crippen molar-refractivity contribution in [2.24, 2.45) is 0 Å². The van der Waals surface area contributed by atoms with Gasteiger partial charge in [0, 0.05) is 0 Å². The van der Waals surface area contributed by atoms with E-state index in [2.05, 4.69) is 5.10 Å². The monoisotopic (exact) mass is 179 g/mol. The fraction of sp³-hybridized carbons (Fsp3) is 0.200. The summed E-state index contributed by atoms with van der Waals surface area (Å²) in [7, 11) is 0. The van der Waals surface area contributed by atoms with Gasteiger partial charge in [0.15, 0.2) is 0 Å². The zero-order valence-corrected chi connectivity index (χ0v) is 5.64. The number of alkyl halides is 3. The van der Waals surface area contributed by atoms with Crippen LogP contribution in [0.25, 0.3) is 0 Å². The van der Waals surface area contributed by atoms with Gasteiger partial charge in [-0.05, 0) is 0 Å². The summed E-state index contributed by atoms with van der Waals surface area (Å²) in [5.74, 6) is 0. The van der Waals surface area contributed by atoms with E-state index < -0.39 is 23.0 Å². The molecule has 0 aliphatic rings. The molecule has 0 amide bonds. The van der Waals surface area contributed by atoms with Crippen LogP contribution in [0.4, 0.5) is 18.9 Å². The third-order valence-corrected chi connectivity index (χ3v) is 1.17. The molecule has 1 aromatic heterocycles. The van der Waals surface area contributed by atoms with Crippen LogP contribution in [0, 0.1) is 0 Å². The SMILES string of the molecule is Nc1cn[nH]c(=O)c1C(F)(F)F. The highest BCUT2D eigenvalue weighted by atomic mass is 19.4. The van der Waals surface area contributed by atoms with E-state index in [4.69, 9.17) is 5.73 Å². The van der Waals surface area contributed by atoms with Gasteiger partial charge in [-0.25, -0.2) is 5.10 Å². The number of nitrogen functional groups attached to an aromatic ring is 1. The first-order valence-electron chi connectivity index (χ1n) is 2.83. The lowest BCUT2D eigenvalue weighted by Crippen LogP contribution is -2.24. The molecule has 0 spiro atoms. The number of nitrogens with one attached hydrogen (secondary N) is 1. The topological polar surface area (TPSA) is 71.8 Å². The number of halogens is 3. The molecule has 7 heteroatoms. The molecule has 0 bridgehead atoms. The number of aromatic amines is 1. The lowest BCUT2D eigenvalue weighted by Gasteiger charge is -2.06. The molecule has 0 aromatic carbocycles. The highest BCUT2D eigenvalue weighted by Crippen LogP contribution is 2.29. The summed E-state index contributed by atoms with van der Waals surface area (Å²) in [5.41, 5.74) is 1.49. The quantitative estimate of drug-likeness (QED) is 0.604. The number of nitrogens with two attached hydrogens (primary N) is 1. The summed E-state index contributed by atoms with van der Waals surface area (Å²) < 4.78 is 35.9. The molecule has 1 heterocycles. The molecule has 0 radical (unpaired) electrons. The minimum atomic E-state index is -4.74. The van der Waals surface area contributed by atoms with Crippen LogP contribution in [-0.2, 0) is 6.18 Å². The van der Waals surface area contributed by atoms with Crippen molar-refractivity contribution in [2.75, 3.05) is 5.73 Å². The first-order chi connectivity index (χ1) is 5.43. The van der Waals surface area contributed by atoms with Gasteiger partial charge in [-0.3, -0.25) is 4.79 Å². The Morgan fingerprint density at radius 1 is 1.50 bits per heavy atom. The normalized spacial score (nSPS) is 11.6. The van der Waals surface area contributed by atoms with Crippen LogP contribution in [0.1, 0.15) is 5.56 Å². The van der Waals surface area contributed by atoms with Crippen molar-refractivity contribution >= 4 is 5.69 Å². The third kappa shape index (κ3) is 1.39. The summed E-state index contributed by atoms with van der Waals surface area (Å²) in [6.07, 6.45) is -4.00. The Morgan fingerprint density at radius 2 is 2.08 bits per heavy atom. The van der Waals surface area contributed by atoms with Gasteiger partial charge in [-0.1, -0.05) is 0 Å². The largest absolute Gasteiger partial charge is 0.423 e. The van der Waals surface area contributed by atoms with Crippen molar-refractivity contribution in [1.82, 2.24) is 10.2 Å². The Labute approximate surface area is 64.2 Å². The summed E-state index contributed by atoms with van der Waals surface area (Å²) in [5, 5.41) is 4.74. The molecule has 0 unspecified atom stereocenters. The molecule has 0 atom stereocenters. The van der Waals surface area contributed by atoms with Crippen molar-refractivity contribution in [1.29, 1.82) is 0 Å². The number of hydrogen-bond acceptors (Lipinski definition) is 3. The number of nitrogens with zero attached hydrogens (tertiary/aromatic N) is 1. The fourth-order valence-corrected chi connectivity index (χ4v) is 0.704. The molecule has 66 valence electrons. The molecule has 3 N–H and O–H groups in total.